The summed E-state index contributed by atoms with van der Waals surface area (Å²) in [6.07, 6.45) is 75.4. The summed E-state index contributed by atoms with van der Waals surface area (Å²) in [5, 5.41) is 0. The lowest BCUT2D eigenvalue weighted by Crippen LogP contribution is -2.29. The zero-order valence-corrected chi connectivity index (χ0v) is 41.5. The van der Waals surface area contributed by atoms with Crippen molar-refractivity contribution >= 4 is 11.9 Å². The molecule has 1 unspecified atom stereocenters. The molecule has 0 spiro atoms. The molecule has 5 heteroatoms. The third-order valence-corrected chi connectivity index (χ3v) is 10.5. The monoisotopic (exact) mass is 885 g/mol. The molecule has 5 nitrogen and oxygen atoms in total. The molecule has 0 aromatic rings. The van der Waals surface area contributed by atoms with Crippen LogP contribution >= 0.6 is 0 Å². The number of carbonyl (C=O) groups excluding carboxylic acids is 2. The Kier molecular flexibility index (Phi) is 50.5. The minimum Gasteiger partial charge on any atom is -0.462 e. The zero-order valence-electron chi connectivity index (χ0n) is 41.5. The minimum absolute atomic E-state index is 0.0108. The first-order chi connectivity index (χ1) is 31.6. The normalized spacial score (nSPS) is 13.2. The van der Waals surface area contributed by atoms with Crippen LogP contribution in [0.5, 0.6) is 0 Å². The molecule has 0 aliphatic heterocycles. The van der Waals surface area contributed by atoms with E-state index in [2.05, 4.69) is 130 Å². The van der Waals surface area contributed by atoms with E-state index < -0.39 is 6.10 Å². The molecule has 0 aromatic carbocycles. The van der Waals surface area contributed by atoms with Crippen LogP contribution < -0.4 is 0 Å². The topological polar surface area (TPSA) is 61.8 Å². The highest BCUT2D eigenvalue weighted by Gasteiger charge is 2.17. The van der Waals surface area contributed by atoms with Crippen LogP contribution in [0, 0.1) is 0 Å². The Morgan fingerprint density at radius 3 is 1.11 bits per heavy atom. The van der Waals surface area contributed by atoms with Gasteiger partial charge >= 0.3 is 11.9 Å². The molecular formula is C59H96O5. The van der Waals surface area contributed by atoms with E-state index >= 15 is 0 Å². The second-order valence-electron chi connectivity index (χ2n) is 16.7. The third kappa shape index (κ3) is 50.9. The number of hydrogen-bond donors (Lipinski definition) is 0. The predicted molar refractivity (Wildman–Crippen MR) is 279 cm³/mol. The average molecular weight is 885 g/mol. The molecule has 0 rings (SSSR count). The largest absolute Gasteiger partial charge is 0.462 e. The van der Waals surface area contributed by atoms with E-state index in [1.54, 1.807) is 0 Å². The summed E-state index contributed by atoms with van der Waals surface area (Å²) in [6.45, 7) is 7.28. The fraction of sp³-hybridized carbons (Fsp3) is 0.627. The van der Waals surface area contributed by atoms with Crippen LogP contribution in [0.4, 0.5) is 0 Å². The van der Waals surface area contributed by atoms with Gasteiger partial charge in [0.2, 0.25) is 0 Å². The van der Waals surface area contributed by atoms with Gasteiger partial charge in [-0.2, -0.15) is 0 Å². The van der Waals surface area contributed by atoms with Crippen molar-refractivity contribution in [2.75, 3.05) is 19.8 Å². The van der Waals surface area contributed by atoms with Crippen molar-refractivity contribution in [2.24, 2.45) is 0 Å². The molecule has 0 aromatic heterocycles. The van der Waals surface area contributed by atoms with Gasteiger partial charge in [-0.25, -0.2) is 0 Å². The standard InChI is InChI=1S/C59H96O5/c1-4-7-10-13-16-19-22-25-28-30-32-34-37-40-43-46-49-52-58(60)63-56-57(55-62-54-51-48-45-42-39-36-33-29-26-23-20-17-14-11-8-5-2)64-59(61)53-50-47-44-41-38-35-31-27-24-21-18-15-12-9-6-3/h8-9,11-12,17-18,20-21,26-27,29,31,36,38-39,41,45,47-48,50,57H,4-7,10,13-16,19,22-25,28,30,32-35,37,40,42-44,46,49,51-56H2,1-3H3/b11-8-,12-9-,20-17-,21-18-,29-26-,31-27-,39-36-,41-38-,48-45-,50-47-. The summed E-state index contributed by atoms with van der Waals surface area (Å²) in [4.78, 5) is 25.3. The van der Waals surface area contributed by atoms with Crippen LogP contribution in [0.15, 0.2) is 122 Å². The number of carbonyl (C=O) groups is 2. The Morgan fingerprint density at radius 1 is 0.375 bits per heavy atom. The van der Waals surface area contributed by atoms with Gasteiger partial charge in [-0.1, -0.05) is 245 Å². The summed E-state index contributed by atoms with van der Waals surface area (Å²) in [6, 6.07) is 0. The van der Waals surface area contributed by atoms with Crippen LogP contribution in [-0.2, 0) is 23.8 Å². The van der Waals surface area contributed by atoms with E-state index in [0.29, 0.717) is 13.0 Å². The maximum absolute atomic E-state index is 12.7. The molecule has 0 N–H and O–H groups in total. The highest BCUT2D eigenvalue weighted by molar-refractivity contribution is 5.71. The van der Waals surface area contributed by atoms with Crippen molar-refractivity contribution < 1.29 is 23.8 Å². The third-order valence-electron chi connectivity index (χ3n) is 10.5. The van der Waals surface area contributed by atoms with Crippen LogP contribution in [0.25, 0.3) is 0 Å². The fourth-order valence-electron chi connectivity index (χ4n) is 6.77. The molecule has 362 valence electrons. The second kappa shape index (κ2) is 53.6. The van der Waals surface area contributed by atoms with Gasteiger partial charge in [0.15, 0.2) is 6.10 Å². The van der Waals surface area contributed by atoms with Crippen molar-refractivity contribution in [1.29, 1.82) is 0 Å². The molecule has 0 saturated carbocycles. The van der Waals surface area contributed by atoms with Crippen molar-refractivity contribution in [3.8, 4) is 0 Å². The zero-order chi connectivity index (χ0) is 46.3. The summed E-state index contributed by atoms with van der Waals surface area (Å²) >= 11 is 0. The molecule has 0 aliphatic carbocycles. The van der Waals surface area contributed by atoms with Gasteiger partial charge in [-0.15, -0.1) is 0 Å². The van der Waals surface area contributed by atoms with Crippen LogP contribution in [0.2, 0.25) is 0 Å². The number of unbranched alkanes of at least 4 members (excludes halogenated alkanes) is 16. The van der Waals surface area contributed by atoms with E-state index in [1.807, 2.05) is 12.2 Å². The second-order valence-corrected chi connectivity index (χ2v) is 16.7. The van der Waals surface area contributed by atoms with Crippen molar-refractivity contribution in [3.63, 3.8) is 0 Å². The lowest BCUT2D eigenvalue weighted by Gasteiger charge is -2.18. The maximum Gasteiger partial charge on any atom is 0.310 e. The molecule has 64 heavy (non-hydrogen) atoms. The van der Waals surface area contributed by atoms with Gasteiger partial charge in [0.1, 0.15) is 6.61 Å². The number of ether oxygens (including phenoxy) is 3. The summed E-state index contributed by atoms with van der Waals surface area (Å²) in [7, 11) is 0. The Bertz CT molecular complexity index is 1320. The predicted octanol–water partition coefficient (Wildman–Crippen LogP) is 17.8. The quantitative estimate of drug-likeness (QED) is 0.0346. The lowest BCUT2D eigenvalue weighted by molar-refractivity contribution is -0.162. The first kappa shape index (κ1) is 60.3. The van der Waals surface area contributed by atoms with Crippen molar-refractivity contribution in [3.05, 3.63) is 122 Å². The Hall–Kier alpha value is -3.70. The van der Waals surface area contributed by atoms with Gasteiger partial charge < -0.3 is 14.2 Å². The highest BCUT2D eigenvalue weighted by atomic mass is 16.6. The van der Waals surface area contributed by atoms with Crippen LogP contribution in [-0.4, -0.2) is 37.9 Å². The van der Waals surface area contributed by atoms with Crippen LogP contribution in [0.1, 0.15) is 213 Å². The first-order valence-corrected chi connectivity index (χ1v) is 26.1. The molecule has 0 heterocycles. The van der Waals surface area contributed by atoms with Gasteiger partial charge in [0, 0.05) is 6.42 Å². The molecular weight excluding hydrogens is 789 g/mol. The molecule has 0 saturated heterocycles. The molecule has 1 atom stereocenters. The SMILES string of the molecule is CC/C=C\C/C=C\C/C=C\C/C=C\C/C=C\CCOCC(COC(=O)CCCCCCCCCCCCCCCCCCC)OC(=O)C/C=C\C/C=C\C/C=C\C/C=C\C/C=C\CC. The van der Waals surface area contributed by atoms with Gasteiger partial charge in [-0.3, -0.25) is 9.59 Å². The lowest BCUT2D eigenvalue weighted by atomic mass is 10.0. The van der Waals surface area contributed by atoms with E-state index in [4.69, 9.17) is 14.2 Å². The summed E-state index contributed by atoms with van der Waals surface area (Å²) in [5.74, 6) is -0.587. The molecule has 0 fully saturated rings. The fourth-order valence-corrected chi connectivity index (χ4v) is 6.77. The number of esters is 2. The maximum atomic E-state index is 12.7. The molecule has 0 amide bonds. The molecule has 0 aliphatic rings. The van der Waals surface area contributed by atoms with E-state index in [-0.39, 0.29) is 31.6 Å². The number of rotatable bonds is 46. The van der Waals surface area contributed by atoms with E-state index in [0.717, 1.165) is 89.9 Å². The smallest absolute Gasteiger partial charge is 0.310 e. The number of hydrogen-bond acceptors (Lipinski definition) is 5. The minimum atomic E-state index is -0.636. The number of allylic oxidation sites excluding steroid dienone is 18. The first-order valence-electron chi connectivity index (χ1n) is 26.1. The Balaban J connectivity index is 4.49. The van der Waals surface area contributed by atoms with Crippen molar-refractivity contribution in [2.45, 2.75) is 219 Å². The van der Waals surface area contributed by atoms with E-state index in [1.165, 1.54) is 89.9 Å². The Labute approximate surface area is 395 Å². The Morgan fingerprint density at radius 2 is 0.719 bits per heavy atom. The van der Waals surface area contributed by atoms with Gasteiger partial charge in [-0.05, 0) is 77.0 Å². The van der Waals surface area contributed by atoms with Crippen LogP contribution in [0.3, 0.4) is 0 Å². The van der Waals surface area contributed by atoms with Gasteiger partial charge in [0.25, 0.3) is 0 Å². The molecule has 0 radical (unpaired) electrons. The van der Waals surface area contributed by atoms with Crippen molar-refractivity contribution in [1.82, 2.24) is 0 Å². The summed E-state index contributed by atoms with van der Waals surface area (Å²) in [5.41, 5.74) is 0. The average Bonchev–Trinajstić information content (AvgIpc) is 3.30. The highest BCUT2D eigenvalue weighted by Crippen LogP contribution is 2.15. The summed E-state index contributed by atoms with van der Waals surface area (Å²) < 4.78 is 17.2. The molecule has 0 bridgehead atoms. The van der Waals surface area contributed by atoms with Gasteiger partial charge in [0.05, 0.1) is 19.6 Å². The van der Waals surface area contributed by atoms with E-state index in [9.17, 15) is 9.59 Å².